The van der Waals surface area contributed by atoms with Gasteiger partial charge in [-0.15, -0.1) is 0 Å². The first kappa shape index (κ1) is 21.7. The lowest BCUT2D eigenvalue weighted by Crippen LogP contribution is -2.27. The molecule has 32 heavy (non-hydrogen) atoms. The third-order valence-electron chi connectivity index (χ3n) is 4.89. The van der Waals surface area contributed by atoms with Gasteiger partial charge in [0.1, 0.15) is 10.0 Å². The summed E-state index contributed by atoms with van der Waals surface area (Å²) in [5.41, 5.74) is 2.33. The third kappa shape index (κ3) is 4.02. The molecule has 0 aliphatic carbocycles. The summed E-state index contributed by atoms with van der Waals surface area (Å²) >= 11 is 6.54. The Hall–Kier alpha value is -3.50. The Balaban J connectivity index is 1.87. The maximum Gasteiger partial charge on any atom is 0.311 e. The molecule has 3 aromatic rings. The minimum Gasteiger partial charge on any atom is -0.490 e. The number of rotatable bonds is 6. The van der Waals surface area contributed by atoms with E-state index in [1.165, 1.54) is 35.9 Å². The van der Waals surface area contributed by atoms with E-state index in [2.05, 4.69) is 5.10 Å². The number of nitrogens with zero attached hydrogens (tertiary/aromatic N) is 4. The Kier molecular flexibility index (Phi) is 6.06. The van der Waals surface area contributed by atoms with Crippen LogP contribution >= 0.6 is 24.0 Å². The molecule has 10 heteroatoms. The van der Waals surface area contributed by atoms with Crippen LogP contribution in [0.1, 0.15) is 12.5 Å². The van der Waals surface area contributed by atoms with Gasteiger partial charge in [0.05, 0.1) is 22.6 Å². The van der Waals surface area contributed by atoms with Crippen molar-refractivity contribution in [2.75, 3.05) is 13.7 Å². The zero-order chi connectivity index (χ0) is 22.8. The molecule has 8 nitrogen and oxygen atoms in total. The fourth-order valence-electron chi connectivity index (χ4n) is 3.32. The molecule has 0 saturated carbocycles. The number of amides is 1. The summed E-state index contributed by atoms with van der Waals surface area (Å²) in [6, 6.07) is 14.1. The van der Waals surface area contributed by atoms with Gasteiger partial charge in [0.25, 0.3) is 5.91 Å². The average Bonchev–Trinajstić information content (AvgIpc) is 3.34. The standard InChI is InChI=1S/C22H18N4O4S2/c1-3-24-21(27)19(32-22(24)31)12-15-13-25(16-7-5-4-6-8-16)23-20(15)14-9-10-18(30-2)17(11-14)26(28)29/h4-13H,3H2,1-2H3. The summed E-state index contributed by atoms with van der Waals surface area (Å²) in [5, 5.41) is 16.2. The average molecular weight is 467 g/mol. The van der Waals surface area contributed by atoms with Crippen LogP contribution in [0.25, 0.3) is 23.0 Å². The predicted molar refractivity (Wildman–Crippen MR) is 128 cm³/mol. The Morgan fingerprint density at radius 1 is 1.25 bits per heavy atom. The number of benzene rings is 2. The lowest BCUT2D eigenvalue weighted by atomic mass is 10.1. The van der Waals surface area contributed by atoms with Gasteiger partial charge in [0.2, 0.25) is 0 Å². The fourth-order valence-corrected chi connectivity index (χ4v) is 4.70. The molecule has 1 aliphatic rings. The van der Waals surface area contributed by atoms with Crippen LogP contribution in [0, 0.1) is 10.1 Å². The van der Waals surface area contributed by atoms with Crippen LogP contribution < -0.4 is 4.74 Å². The van der Waals surface area contributed by atoms with Crippen molar-refractivity contribution >= 4 is 46.0 Å². The number of hydrogen-bond donors (Lipinski definition) is 0. The van der Waals surface area contributed by atoms with Crippen LogP contribution in [0.4, 0.5) is 5.69 Å². The minimum atomic E-state index is -0.497. The van der Waals surface area contributed by atoms with Crippen molar-refractivity contribution in [3.63, 3.8) is 0 Å². The van der Waals surface area contributed by atoms with Crippen molar-refractivity contribution in [1.82, 2.24) is 14.7 Å². The lowest BCUT2D eigenvalue weighted by Gasteiger charge is -2.09. The topological polar surface area (TPSA) is 90.5 Å². The van der Waals surface area contributed by atoms with Gasteiger partial charge in [-0.2, -0.15) is 5.10 Å². The van der Waals surface area contributed by atoms with Gasteiger partial charge < -0.3 is 4.74 Å². The Bertz CT molecular complexity index is 1250. The molecule has 1 saturated heterocycles. The smallest absolute Gasteiger partial charge is 0.311 e. The molecule has 0 bridgehead atoms. The van der Waals surface area contributed by atoms with Gasteiger partial charge in [0, 0.05) is 29.9 Å². The van der Waals surface area contributed by atoms with Crippen LogP contribution in [0.2, 0.25) is 0 Å². The normalized spacial score (nSPS) is 14.9. The van der Waals surface area contributed by atoms with Crippen molar-refractivity contribution in [3.8, 4) is 22.7 Å². The Labute approximate surface area is 193 Å². The van der Waals surface area contributed by atoms with E-state index >= 15 is 0 Å². The Morgan fingerprint density at radius 3 is 2.62 bits per heavy atom. The van der Waals surface area contributed by atoms with Crippen molar-refractivity contribution in [2.24, 2.45) is 0 Å². The zero-order valence-electron chi connectivity index (χ0n) is 17.2. The number of thiocarbonyl (C=S) groups is 1. The van der Waals surface area contributed by atoms with E-state index in [0.29, 0.717) is 32.6 Å². The number of likely N-dealkylation sites (N-methyl/N-ethyl adjacent to an activating group) is 1. The predicted octanol–water partition coefficient (Wildman–Crippen LogP) is 4.68. The van der Waals surface area contributed by atoms with Crippen LogP contribution in [-0.4, -0.2) is 43.5 Å². The number of ether oxygens (including phenoxy) is 1. The first-order chi connectivity index (χ1) is 15.4. The molecule has 162 valence electrons. The van der Waals surface area contributed by atoms with E-state index in [1.54, 1.807) is 23.0 Å². The zero-order valence-corrected chi connectivity index (χ0v) is 18.9. The molecular weight excluding hydrogens is 448 g/mol. The Morgan fingerprint density at radius 2 is 2.00 bits per heavy atom. The molecule has 4 rings (SSSR count). The number of carbonyl (C=O) groups excluding carboxylic acids is 1. The number of carbonyl (C=O) groups is 1. The summed E-state index contributed by atoms with van der Waals surface area (Å²) in [6.07, 6.45) is 3.52. The highest BCUT2D eigenvalue weighted by Gasteiger charge is 2.31. The van der Waals surface area contributed by atoms with E-state index in [9.17, 15) is 14.9 Å². The quantitative estimate of drug-likeness (QED) is 0.225. The summed E-state index contributed by atoms with van der Waals surface area (Å²) in [6.45, 7) is 2.35. The van der Waals surface area contributed by atoms with Crippen molar-refractivity contribution in [1.29, 1.82) is 0 Å². The van der Waals surface area contributed by atoms with Gasteiger partial charge in [0.15, 0.2) is 5.75 Å². The SMILES string of the molecule is CCN1C(=O)C(=Cc2cn(-c3ccccc3)nc2-c2ccc(OC)c([N+](=O)[O-])c2)SC1=S. The van der Waals surface area contributed by atoms with Gasteiger partial charge in [-0.3, -0.25) is 19.8 Å². The summed E-state index contributed by atoms with van der Waals surface area (Å²) in [4.78, 5) is 25.8. The number of hydrogen-bond acceptors (Lipinski definition) is 7. The van der Waals surface area contributed by atoms with E-state index in [1.807, 2.05) is 37.3 Å². The molecule has 1 amide bonds. The number of thioether (sulfide) groups is 1. The van der Waals surface area contributed by atoms with Crippen LogP contribution in [0.3, 0.4) is 0 Å². The van der Waals surface area contributed by atoms with Crippen molar-refractivity contribution in [3.05, 3.63) is 75.3 Å². The maximum absolute atomic E-state index is 12.7. The molecule has 1 aliphatic heterocycles. The highest BCUT2D eigenvalue weighted by atomic mass is 32.2. The summed E-state index contributed by atoms with van der Waals surface area (Å²) in [7, 11) is 1.38. The highest BCUT2D eigenvalue weighted by molar-refractivity contribution is 8.26. The number of methoxy groups -OCH3 is 1. The molecule has 0 radical (unpaired) electrons. The largest absolute Gasteiger partial charge is 0.490 e. The molecule has 0 unspecified atom stereocenters. The second-order valence-electron chi connectivity index (χ2n) is 6.78. The first-order valence-electron chi connectivity index (χ1n) is 9.66. The summed E-state index contributed by atoms with van der Waals surface area (Å²) < 4.78 is 7.29. The van der Waals surface area contributed by atoms with E-state index in [-0.39, 0.29) is 17.3 Å². The first-order valence-corrected chi connectivity index (χ1v) is 10.9. The second-order valence-corrected chi connectivity index (χ2v) is 8.46. The lowest BCUT2D eigenvalue weighted by molar-refractivity contribution is -0.385. The van der Waals surface area contributed by atoms with Gasteiger partial charge in [-0.1, -0.05) is 42.2 Å². The monoisotopic (exact) mass is 466 g/mol. The molecule has 0 spiro atoms. The third-order valence-corrected chi connectivity index (χ3v) is 6.27. The molecule has 2 heterocycles. The molecule has 1 fully saturated rings. The second kappa shape index (κ2) is 8.93. The summed E-state index contributed by atoms with van der Waals surface area (Å²) in [5.74, 6) is -0.00627. The number of aromatic nitrogens is 2. The van der Waals surface area contributed by atoms with Gasteiger partial charge in [-0.25, -0.2) is 4.68 Å². The fraction of sp³-hybridized carbons (Fsp3) is 0.136. The van der Waals surface area contributed by atoms with Gasteiger partial charge >= 0.3 is 5.69 Å². The van der Waals surface area contributed by atoms with E-state index < -0.39 is 4.92 Å². The minimum absolute atomic E-state index is 0.159. The number of nitro benzene ring substituents is 1. The molecule has 1 aromatic heterocycles. The highest BCUT2D eigenvalue weighted by Crippen LogP contribution is 2.37. The number of para-hydroxylation sites is 1. The molecular formula is C22H18N4O4S2. The van der Waals surface area contributed by atoms with E-state index in [0.717, 1.165) is 5.69 Å². The van der Waals surface area contributed by atoms with Crippen LogP contribution in [0.15, 0.2) is 59.6 Å². The number of nitro groups is 1. The molecule has 0 N–H and O–H groups in total. The maximum atomic E-state index is 12.7. The van der Waals surface area contributed by atoms with Crippen molar-refractivity contribution in [2.45, 2.75) is 6.92 Å². The van der Waals surface area contributed by atoms with E-state index in [4.69, 9.17) is 17.0 Å². The van der Waals surface area contributed by atoms with Crippen LogP contribution in [0.5, 0.6) is 5.75 Å². The molecule has 0 atom stereocenters. The van der Waals surface area contributed by atoms with Crippen LogP contribution in [-0.2, 0) is 4.79 Å². The van der Waals surface area contributed by atoms with Crippen molar-refractivity contribution < 1.29 is 14.5 Å². The molecule has 2 aromatic carbocycles. The van der Waals surface area contributed by atoms with Gasteiger partial charge in [-0.05, 0) is 37.3 Å².